The van der Waals surface area contributed by atoms with Gasteiger partial charge in [-0.3, -0.25) is 9.78 Å². The molecule has 4 aromatic rings. The van der Waals surface area contributed by atoms with Gasteiger partial charge in [0.25, 0.3) is 5.91 Å². The molecule has 200 valence electrons. The third kappa shape index (κ3) is 5.28. The van der Waals surface area contributed by atoms with Gasteiger partial charge in [-0.2, -0.15) is 13.2 Å². The van der Waals surface area contributed by atoms with E-state index in [-0.39, 0.29) is 28.0 Å². The highest BCUT2D eigenvalue weighted by molar-refractivity contribution is 6.13. The lowest BCUT2D eigenvalue weighted by molar-refractivity contribution is -0.265. The highest BCUT2D eigenvalue weighted by atomic mass is 35.5. The molecule has 2 heterocycles. The molecular weight excluding hydrogens is 532 g/mol. The minimum Gasteiger partial charge on any atom is -0.408 e. The fraction of sp³-hybridized carbons (Fsp3) is 0.240. The van der Waals surface area contributed by atoms with Gasteiger partial charge in [0.2, 0.25) is 5.60 Å². The molecule has 8 nitrogen and oxygen atoms in total. The summed E-state index contributed by atoms with van der Waals surface area (Å²) < 4.78 is 61.4. The van der Waals surface area contributed by atoms with Crippen LogP contribution in [0.25, 0.3) is 22.4 Å². The molecule has 0 bridgehead atoms. The van der Waals surface area contributed by atoms with Crippen LogP contribution in [0.4, 0.5) is 17.6 Å². The number of amides is 1. The fourth-order valence-corrected chi connectivity index (χ4v) is 3.77. The first-order chi connectivity index (χ1) is 17.7. The number of pyridine rings is 1. The average Bonchev–Trinajstić information content (AvgIpc) is 3.25. The number of aromatic amines is 1. The standard InChI is InChI=1S/C25H21ClF4N4O4/c1-23(2,34-26)15-10-18(13-3-6-16(27)7-4-13)32-20(11-15)24(37,25(28,29)30)12-31-21(35)14-5-8-17-19(9-14)38-22(36)33-17/h3-11,34,37H,12H2,1-2H3,(H,31,35)(H,33,36). The number of aromatic nitrogens is 2. The van der Waals surface area contributed by atoms with E-state index in [4.69, 9.17) is 16.2 Å². The Morgan fingerprint density at radius 3 is 2.42 bits per heavy atom. The van der Waals surface area contributed by atoms with Gasteiger partial charge in [-0.25, -0.2) is 19.0 Å². The molecule has 1 unspecified atom stereocenters. The van der Waals surface area contributed by atoms with Crippen LogP contribution in [-0.2, 0) is 11.1 Å². The normalized spacial score (nSPS) is 13.9. The molecule has 0 spiro atoms. The molecule has 38 heavy (non-hydrogen) atoms. The van der Waals surface area contributed by atoms with E-state index < -0.39 is 47.0 Å². The second kappa shape index (κ2) is 9.86. The Morgan fingerprint density at radius 1 is 1.11 bits per heavy atom. The minimum absolute atomic E-state index is 0.0134. The van der Waals surface area contributed by atoms with Crippen molar-refractivity contribution in [2.24, 2.45) is 0 Å². The third-order valence-corrected chi connectivity index (χ3v) is 6.48. The van der Waals surface area contributed by atoms with Gasteiger partial charge in [-0.15, -0.1) is 0 Å². The Labute approximate surface area is 217 Å². The maximum absolute atomic E-state index is 14.4. The van der Waals surface area contributed by atoms with Crippen molar-refractivity contribution in [3.05, 3.63) is 87.8 Å². The Balaban J connectivity index is 1.75. The predicted octanol–water partition coefficient (Wildman–Crippen LogP) is 4.48. The Morgan fingerprint density at radius 2 is 1.79 bits per heavy atom. The van der Waals surface area contributed by atoms with Gasteiger partial charge in [0.15, 0.2) is 5.58 Å². The largest absolute Gasteiger partial charge is 0.424 e. The topological polar surface area (TPSA) is 120 Å². The molecule has 2 aromatic carbocycles. The van der Waals surface area contributed by atoms with E-state index in [0.29, 0.717) is 5.52 Å². The van der Waals surface area contributed by atoms with Crippen LogP contribution in [-0.4, -0.2) is 33.7 Å². The van der Waals surface area contributed by atoms with Crippen LogP contribution in [0.2, 0.25) is 0 Å². The zero-order chi connectivity index (χ0) is 27.9. The summed E-state index contributed by atoms with van der Waals surface area (Å²) in [6.45, 7) is 1.90. The number of hydrogen-bond acceptors (Lipinski definition) is 6. The molecule has 0 radical (unpaired) electrons. The number of halogens is 5. The minimum atomic E-state index is -5.28. The third-order valence-electron chi connectivity index (χ3n) is 6.00. The van der Waals surface area contributed by atoms with Gasteiger partial charge in [0.1, 0.15) is 5.82 Å². The van der Waals surface area contributed by atoms with Gasteiger partial charge in [-0.1, -0.05) is 0 Å². The highest BCUT2D eigenvalue weighted by Crippen LogP contribution is 2.40. The van der Waals surface area contributed by atoms with Crippen LogP contribution in [0, 0.1) is 5.82 Å². The molecule has 4 N–H and O–H groups in total. The van der Waals surface area contributed by atoms with E-state index in [1.807, 2.05) is 0 Å². The number of alkyl halides is 3. The number of carbonyl (C=O) groups excluding carboxylic acids is 1. The van der Waals surface area contributed by atoms with Crippen LogP contribution < -0.4 is 15.9 Å². The number of carbonyl (C=O) groups is 1. The molecule has 2 aromatic heterocycles. The molecule has 0 saturated carbocycles. The molecule has 0 aliphatic carbocycles. The number of H-pyrrole nitrogens is 1. The van der Waals surface area contributed by atoms with E-state index in [1.165, 1.54) is 36.4 Å². The molecule has 13 heteroatoms. The van der Waals surface area contributed by atoms with Crippen molar-refractivity contribution in [1.29, 1.82) is 0 Å². The summed E-state index contributed by atoms with van der Waals surface area (Å²) in [5.41, 5.74) is -4.75. The van der Waals surface area contributed by atoms with Gasteiger partial charge in [0, 0.05) is 11.1 Å². The molecule has 1 atom stereocenters. The van der Waals surface area contributed by atoms with Crippen molar-refractivity contribution in [2.45, 2.75) is 31.2 Å². The molecular formula is C25H21ClF4N4O4. The van der Waals surface area contributed by atoms with Gasteiger partial charge >= 0.3 is 11.9 Å². The fourth-order valence-electron chi connectivity index (χ4n) is 3.66. The van der Waals surface area contributed by atoms with E-state index in [9.17, 15) is 32.3 Å². The summed E-state index contributed by atoms with van der Waals surface area (Å²) in [5.74, 6) is -2.28. The molecule has 1 amide bonds. The zero-order valence-electron chi connectivity index (χ0n) is 19.9. The van der Waals surface area contributed by atoms with Crippen LogP contribution in [0.5, 0.6) is 0 Å². The summed E-state index contributed by atoms with van der Waals surface area (Å²) in [6, 6.07) is 11.2. The Hall–Kier alpha value is -3.74. The summed E-state index contributed by atoms with van der Waals surface area (Å²) >= 11 is 5.83. The lowest BCUT2D eigenvalue weighted by atomic mass is 9.89. The van der Waals surface area contributed by atoms with E-state index in [1.54, 1.807) is 13.8 Å². The smallest absolute Gasteiger partial charge is 0.408 e. The van der Waals surface area contributed by atoms with E-state index in [0.717, 1.165) is 18.2 Å². The van der Waals surface area contributed by atoms with Crippen molar-refractivity contribution in [2.75, 3.05) is 6.54 Å². The molecule has 4 rings (SSSR count). The van der Waals surface area contributed by atoms with Crippen LogP contribution in [0.1, 0.15) is 35.5 Å². The second-order valence-corrected chi connectivity index (χ2v) is 9.31. The van der Waals surface area contributed by atoms with Crippen LogP contribution >= 0.6 is 11.8 Å². The lowest BCUT2D eigenvalue weighted by Crippen LogP contribution is -2.51. The van der Waals surface area contributed by atoms with Crippen molar-refractivity contribution >= 4 is 28.8 Å². The molecule has 0 fully saturated rings. The maximum Gasteiger partial charge on any atom is 0.424 e. The molecule has 0 aliphatic rings. The quantitative estimate of drug-likeness (QED) is 0.198. The van der Waals surface area contributed by atoms with Crippen molar-refractivity contribution in [3.8, 4) is 11.3 Å². The SMILES string of the molecule is CC(C)(NCl)c1cc(-c2ccc(F)cc2)nc(C(O)(CNC(=O)c2ccc3[nH]c(=O)oc3c2)C(F)(F)F)c1. The van der Waals surface area contributed by atoms with E-state index >= 15 is 0 Å². The maximum atomic E-state index is 14.4. The molecule has 0 aliphatic heterocycles. The lowest BCUT2D eigenvalue weighted by Gasteiger charge is -2.32. The number of nitrogens with zero attached hydrogens (tertiary/aromatic N) is 1. The first-order valence-electron chi connectivity index (χ1n) is 11.1. The Kier molecular flexibility index (Phi) is 7.08. The number of hydrogen-bond donors (Lipinski definition) is 4. The van der Waals surface area contributed by atoms with Crippen molar-refractivity contribution < 1.29 is 31.9 Å². The van der Waals surface area contributed by atoms with Crippen molar-refractivity contribution in [3.63, 3.8) is 0 Å². The Bertz CT molecular complexity index is 1550. The van der Waals surface area contributed by atoms with Gasteiger partial charge in [-0.05, 0) is 85.8 Å². The number of fused-ring (bicyclic) bond motifs is 1. The monoisotopic (exact) mass is 552 g/mol. The van der Waals surface area contributed by atoms with Gasteiger partial charge in [0.05, 0.1) is 29.0 Å². The zero-order valence-corrected chi connectivity index (χ0v) is 20.7. The number of oxazole rings is 1. The summed E-state index contributed by atoms with van der Waals surface area (Å²) in [5, 5.41) is 13.1. The summed E-state index contributed by atoms with van der Waals surface area (Å²) in [6.07, 6.45) is -5.28. The first-order valence-corrected chi connectivity index (χ1v) is 11.5. The predicted molar refractivity (Wildman–Crippen MR) is 131 cm³/mol. The highest BCUT2D eigenvalue weighted by Gasteiger charge is 2.56. The number of benzene rings is 2. The van der Waals surface area contributed by atoms with Gasteiger partial charge < -0.3 is 14.8 Å². The van der Waals surface area contributed by atoms with Crippen LogP contribution in [0.3, 0.4) is 0 Å². The number of rotatable bonds is 7. The number of nitrogens with one attached hydrogen (secondary N) is 3. The first kappa shape index (κ1) is 27.3. The summed E-state index contributed by atoms with van der Waals surface area (Å²) in [7, 11) is 0. The summed E-state index contributed by atoms with van der Waals surface area (Å²) in [4.78, 5) is 32.9. The second-order valence-electron chi connectivity index (χ2n) is 9.12. The van der Waals surface area contributed by atoms with E-state index in [2.05, 4.69) is 20.1 Å². The van der Waals surface area contributed by atoms with Crippen molar-refractivity contribution in [1.82, 2.24) is 20.1 Å². The van der Waals surface area contributed by atoms with Crippen LogP contribution in [0.15, 0.2) is 63.8 Å². The average molecular weight is 553 g/mol. The molecule has 0 saturated heterocycles. The number of aliphatic hydroxyl groups is 1.